The number of ether oxygens (including phenoxy) is 2. The van der Waals surface area contributed by atoms with E-state index in [1.54, 1.807) is 7.11 Å². The fourth-order valence-corrected chi connectivity index (χ4v) is 2.34. The lowest BCUT2D eigenvalue weighted by Crippen LogP contribution is -2.14. The van der Waals surface area contributed by atoms with Crippen LogP contribution in [0.4, 0.5) is 0 Å². The van der Waals surface area contributed by atoms with Gasteiger partial charge in [0.2, 0.25) is 5.90 Å². The molecule has 0 atom stereocenters. The van der Waals surface area contributed by atoms with Crippen molar-refractivity contribution in [2.45, 2.75) is 13.0 Å². The smallest absolute Gasteiger partial charge is 0.216 e. The first-order valence-corrected chi connectivity index (χ1v) is 6.75. The van der Waals surface area contributed by atoms with E-state index in [2.05, 4.69) is 23.2 Å². The Morgan fingerprint density at radius 1 is 1.10 bits per heavy atom. The summed E-state index contributed by atoms with van der Waals surface area (Å²) in [5.41, 5.74) is 3.47. The van der Waals surface area contributed by atoms with Gasteiger partial charge in [-0.05, 0) is 29.7 Å². The number of hydrogen-bond donors (Lipinski definition) is 0. The van der Waals surface area contributed by atoms with E-state index in [1.165, 1.54) is 5.56 Å². The molecule has 0 aromatic heterocycles. The van der Waals surface area contributed by atoms with Crippen molar-refractivity contribution in [2.75, 3.05) is 13.7 Å². The second kappa shape index (κ2) is 5.78. The molecule has 0 N–H and O–H groups in total. The minimum absolute atomic E-state index is 0.569. The molecule has 3 heteroatoms. The van der Waals surface area contributed by atoms with Crippen LogP contribution in [0, 0.1) is 0 Å². The zero-order valence-corrected chi connectivity index (χ0v) is 11.5. The second-order valence-corrected chi connectivity index (χ2v) is 4.73. The first-order valence-electron chi connectivity index (χ1n) is 6.75. The number of fused-ring (bicyclic) bond motifs is 1. The zero-order valence-electron chi connectivity index (χ0n) is 11.5. The molecule has 0 amide bonds. The van der Waals surface area contributed by atoms with E-state index in [0.717, 1.165) is 29.8 Å². The van der Waals surface area contributed by atoms with Gasteiger partial charge in [-0.1, -0.05) is 36.4 Å². The average molecular weight is 267 g/mol. The molecule has 0 radical (unpaired) electrons. The van der Waals surface area contributed by atoms with Gasteiger partial charge in [-0.3, -0.25) is 4.99 Å². The fraction of sp³-hybridized carbons (Fsp3) is 0.235. The molecule has 3 rings (SSSR count). The first-order chi connectivity index (χ1) is 9.86. The van der Waals surface area contributed by atoms with Gasteiger partial charge in [0.05, 0.1) is 7.11 Å². The Labute approximate surface area is 118 Å². The highest BCUT2D eigenvalue weighted by Crippen LogP contribution is 2.23. The van der Waals surface area contributed by atoms with Gasteiger partial charge in [0.1, 0.15) is 12.4 Å². The molecule has 0 aliphatic carbocycles. The van der Waals surface area contributed by atoms with Crippen LogP contribution in [-0.4, -0.2) is 19.6 Å². The van der Waals surface area contributed by atoms with Gasteiger partial charge < -0.3 is 9.47 Å². The summed E-state index contributed by atoms with van der Waals surface area (Å²) in [6, 6.07) is 16.3. The molecule has 1 aliphatic rings. The summed E-state index contributed by atoms with van der Waals surface area (Å²) in [7, 11) is 1.66. The third-order valence-corrected chi connectivity index (χ3v) is 3.39. The molecule has 1 aliphatic heterocycles. The summed E-state index contributed by atoms with van der Waals surface area (Å²) in [6.45, 7) is 1.36. The van der Waals surface area contributed by atoms with Crippen LogP contribution < -0.4 is 4.74 Å². The standard InChI is InChI=1S/C17H17NO2/c1-19-17-16-11-15(8-7-14(16)9-10-18-17)20-12-13-5-3-2-4-6-13/h2-8,11H,9-10,12H2,1H3. The SMILES string of the molecule is COC1=NCCc2ccc(OCc3ccccc3)cc21. The van der Waals surface area contributed by atoms with Crippen molar-refractivity contribution < 1.29 is 9.47 Å². The van der Waals surface area contributed by atoms with E-state index in [4.69, 9.17) is 9.47 Å². The molecule has 102 valence electrons. The Kier molecular flexibility index (Phi) is 3.68. The molecule has 0 spiro atoms. The van der Waals surface area contributed by atoms with Crippen LogP contribution in [0.5, 0.6) is 5.75 Å². The van der Waals surface area contributed by atoms with Crippen LogP contribution in [-0.2, 0) is 17.8 Å². The molecule has 0 bridgehead atoms. The van der Waals surface area contributed by atoms with Crippen molar-refractivity contribution in [3.8, 4) is 5.75 Å². The number of benzene rings is 2. The van der Waals surface area contributed by atoms with Gasteiger partial charge >= 0.3 is 0 Å². The highest BCUT2D eigenvalue weighted by atomic mass is 16.5. The summed E-state index contributed by atoms with van der Waals surface area (Å²) in [5, 5.41) is 0. The Hall–Kier alpha value is -2.29. The van der Waals surface area contributed by atoms with Crippen LogP contribution in [0.3, 0.4) is 0 Å². The van der Waals surface area contributed by atoms with E-state index in [-0.39, 0.29) is 0 Å². The van der Waals surface area contributed by atoms with E-state index < -0.39 is 0 Å². The number of aliphatic imine (C=N–C) groups is 1. The molecule has 3 nitrogen and oxygen atoms in total. The topological polar surface area (TPSA) is 30.8 Å². The molecule has 20 heavy (non-hydrogen) atoms. The third kappa shape index (κ3) is 2.67. The molecular weight excluding hydrogens is 250 g/mol. The molecule has 2 aromatic rings. The summed E-state index contributed by atoms with van der Waals surface area (Å²) in [4.78, 5) is 4.39. The quantitative estimate of drug-likeness (QED) is 0.855. The number of methoxy groups -OCH3 is 1. The Morgan fingerprint density at radius 3 is 2.75 bits per heavy atom. The van der Waals surface area contributed by atoms with Gasteiger partial charge in [-0.25, -0.2) is 0 Å². The number of nitrogens with zero attached hydrogens (tertiary/aromatic N) is 1. The summed E-state index contributed by atoms with van der Waals surface area (Å²) in [5.74, 6) is 1.55. The summed E-state index contributed by atoms with van der Waals surface area (Å²) in [6.07, 6.45) is 0.959. The average Bonchev–Trinajstić information content (AvgIpc) is 2.53. The van der Waals surface area contributed by atoms with Crippen LogP contribution >= 0.6 is 0 Å². The lowest BCUT2D eigenvalue weighted by atomic mass is 10.0. The molecular formula is C17H17NO2. The third-order valence-electron chi connectivity index (χ3n) is 3.39. The van der Waals surface area contributed by atoms with Crippen molar-refractivity contribution >= 4 is 5.90 Å². The monoisotopic (exact) mass is 267 g/mol. The molecule has 0 fully saturated rings. The predicted octanol–water partition coefficient (Wildman–Crippen LogP) is 3.21. The van der Waals surface area contributed by atoms with Crippen LogP contribution in [0.15, 0.2) is 53.5 Å². The van der Waals surface area contributed by atoms with Gasteiger partial charge in [-0.2, -0.15) is 0 Å². The first kappa shape index (κ1) is 12.7. The minimum atomic E-state index is 0.569. The lowest BCUT2D eigenvalue weighted by Gasteiger charge is -2.17. The maximum absolute atomic E-state index is 5.84. The second-order valence-electron chi connectivity index (χ2n) is 4.73. The Bertz CT molecular complexity index is 620. The van der Waals surface area contributed by atoms with Gasteiger partial charge in [-0.15, -0.1) is 0 Å². The number of hydrogen-bond acceptors (Lipinski definition) is 3. The fourth-order valence-electron chi connectivity index (χ4n) is 2.34. The molecule has 0 saturated heterocycles. The van der Waals surface area contributed by atoms with Gasteiger partial charge in [0.15, 0.2) is 0 Å². The van der Waals surface area contributed by atoms with Crippen molar-refractivity contribution in [3.05, 3.63) is 65.2 Å². The van der Waals surface area contributed by atoms with Crippen LogP contribution in [0.1, 0.15) is 16.7 Å². The van der Waals surface area contributed by atoms with Crippen LogP contribution in [0.2, 0.25) is 0 Å². The highest BCUT2D eigenvalue weighted by Gasteiger charge is 2.15. The van der Waals surface area contributed by atoms with E-state index in [0.29, 0.717) is 12.5 Å². The van der Waals surface area contributed by atoms with Crippen molar-refractivity contribution in [3.63, 3.8) is 0 Å². The predicted molar refractivity (Wildman–Crippen MR) is 79.3 cm³/mol. The maximum atomic E-state index is 5.84. The molecule has 1 heterocycles. The lowest BCUT2D eigenvalue weighted by molar-refractivity contribution is 0.306. The molecule has 2 aromatic carbocycles. The molecule has 0 unspecified atom stereocenters. The molecule has 0 saturated carbocycles. The van der Waals surface area contributed by atoms with Gasteiger partial charge in [0, 0.05) is 12.1 Å². The maximum Gasteiger partial charge on any atom is 0.216 e. The Balaban J connectivity index is 1.77. The van der Waals surface area contributed by atoms with Crippen molar-refractivity contribution in [1.29, 1.82) is 0 Å². The van der Waals surface area contributed by atoms with E-state index in [1.807, 2.05) is 30.3 Å². The van der Waals surface area contributed by atoms with E-state index in [9.17, 15) is 0 Å². The highest BCUT2D eigenvalue weighted by molar-refractivity contribution is 5.96. The van der Waals surface area contributed by atoms with E-state index >= 15 is 0 Å². The Morgan fingerprint density at radius 2 is 1.95 bits per heavy atom. The minimum Gasteiger partial charge on any atom is -0.489 e. The summed E-state index contributed by atoms with van der Waals surface area (Å²) >= 11 is 0. The largest absolute Gasteiger partial charge is 0.489 e. The normalized spacial score (nSPS) is 13.3. The zero-order chi connectivity index (χ0) is 13.8. The van der Waals surface area contributed by atoms with Crippen LogP contribution in [0.25, 0.3) is 0 Å². The van der Waals surface area contributed by atoms with Crippen molar-refractivity contribution in [1.82, 2.24) is 0 Å². The van der Waals surface area contributed by atoms with Gasteiger partial charge in [0.25, 0.3) is 0 Å². The number of rotatable bonds is 3. The summed E-state index contributed by atoms with van der Waals surface area (Å²) < 4.78 is 11.2. The van der Waals surface area contributed by atoms with Crippen molar-refractivity contribution in [2.24, 2.45) is 4.99 Å².